The van der Waals surface area contributed by atoms with Crippen molar-refractivity contribution in [3.63, 3.8) is 0 Å². The van der Waals surface area contributed by atoms with E-state index in [9.17, 15) is 0 Å². The van der Waals surface area contributed by atoms with Gasteiger partial charge in [-0.05, 0) is 40.5 Å². The first-order chi connectivity index (χ1) is 14.6. The molecule has 0 unspecified atom stereocenters. The summed E-state index contributed by atoms with van der Waals surface area (Å²) in [6, 6.07) is 19.1. The van der Waals surface area contributed by atoms with Crippen molar-refractivity contribution in [1.82, 2.24) is 9.55 Å². The number of aromatic nitrogens is 2. The first-order valence-electron chi connectivity index (χ1n) is 10.2. The molecule has 30 heavy (non-hydrogen) atoms. The van der Waals surface area contributed by atoms with Crippen LogP contribution in [0.2, 0.25) is 0 Å². The average Bonchev–Trinajstić information content (AvgIpc) is 3.29. The van der Waals surface area contributed by atoms with E-state index in [0.29, 0.717) is 5.84 Å². The third kappa shape index (κ3) is 2.82. The number of hydrogen-bond donors (Lipinski definition) is 1. The van der Waals surface area contributed by atoms with E-state index in [0.717, 1.165) is 16.5 Å². The molecule has 0 amide bonds. The SMILES string of the molecule is CC1(C)c2ccccc2-c2c1ccc1ccn(C(=N)/C=C\C=C\c3cccnc3)c21. The van der Waals surface area contributed by atoms with Crippen LogP contribution >= 0.6 is 0 Å². The molecule has 146 valence electrons. The van der Waals surface area contributed by atoms with Gasteiger partial charge in [-0.2, -0.15) is 0 Å². The highest BCUT2D eigenvalue weighted by Crippen LogP contribution is 2.51. The molecule has 0 fully saturated rings. The zero-order valence-corrected chi connectivity index (χ0v) is 17.1. The predicted molar refractivity (Wildman–Crippen MR) is 125 cm³/mol. The second kappa shape index (κ2) is 6.96. The minimum absolute atomic E-state index is 0.0420. The van der Waals surface area contributed by atoms with Gasteiger partial charge >= 0.3 is 0 Å². The summed E-state index contributed by atoms with van der Waals surface area (Å²) < 4.78 is 1.99. The van der Waals surface area contributed by atoms with Crippen LogP contribution in [-0.4, -0.2) is 15.4 Å². The Labute approximate surface area is 176 Å². The van der Waals surface area contributed by atoms with Gasteiger partial charge in [0.2, 0.25) is 0 Å². The van der Waals surface area contributed by atoms with Crippen LogP contribution in [0.3, 0.4) is 0 Å². The van der Waals surface area contributed by atoms with Crippen LogP contribution < -0.4 is 0 Å². The van der Waals surface area contributed by atoms with Crippen molar-refractivity contribution in [2.24, 2.45) is 0 Å². The van der Waals surface area contributed by atoms with Gasteiger partial charge in [0.05, 0.1) is 5.52 Å². The summed E-state index contributed by atoms with van der Waals surface area (Å²) >= 11 is 0. The van der Waals surface area contributed by atoms with Crippen molar-refractivity contribution < 1.29 is 0 Å². The van der Waals surface area contributed by atoms with Crippen molar-refractivity contribution >= 4 is 22.8 Å². The molecular weight excluding hydrogens is 366 g/mol. The minimum Gasteiger partial charge on any atom is -0.301 e. The maximum atomic E-state index is 8.69. The smallest absolute Gasteiger partial charge is 0.129 e. The Bertz CT molecular complexity index is 1320. The largest absolute Gasteiger partial charge is 0.301 e. The van der Waals surface area contributed by atoms with Crippen molar-refractivity contribution in [2.75, 3.05) is 0 Å². The van der Waals surface area contributed by atoms with E-state index in [2.05, 4.69) is 61.3 Å². The number of pyridine rings is 1. The van der Waals surface area contributed by atoms with Crippen LogP contribution in [0.1, 0.15) is 30.5 Å². The highest BCUT2D eigenvalue weighted by molar-refractivity contribution is 6.07. The Kier molecular flexibility index (Phi) is 4.25. The molecule has 4 aromatic rings. The van der Waals surface area contributed by atoms with E-state index in [4.69, 9.17) is 5.41 Å². The first kappa shape index (κ1) is 18.3. The van der Waals surface area contributed by atoms with Gasteiger partial charge in [0.1, 0.15) is 5.84 Å². The van der Waals surface area contributed by atoms with Crippen LogP contribution in [-0.2, 0) is 5.41 Å². The van der Waals surface area contributed by atoms with Crippen LogP contribution in [0.4, 0.5) is 0 Å². The molecule has 2 aromatic heterocycles. The van der Waals surface area contributed by atoms with Gasteiger partial charge in [-0.1, -0.05) is 74.5 Å². The summed E-state index contributed by atoms with van der Waals surface area (Å²) in [4.78, 5) is 4.11. The summed E-state index contributed by atoms with van der Waals surface area (Å²) in [6.07, 6.45) is 13.2. The Morgan fingerprint density at radius 2 is 1.83 bits per heavy atom. The standard InChI is InChI=1S/C27H23N3/c1-27(2)22-11-5-4-10-21(22)25-23(27)14-13-20-15-17-30(26(20)25)24(28)12-6-3-8-19-9-7-16-29-18-19/h3-18,28H,1-2H3/b8-3+,12-6-,28-24?. The molecule has 1 aliphatic rings. The quantitative estimate of drug-likeness (QED) is 0.245. The number of allylic oxidation sites excluding steroid dienone is 3. The molecule has 0 atom stereocenters. The molecule has 1 N–H and O–H groups in total. The second-order valence-corrected chi connectivity index (χ2v) is 8.17. The van der Waals surface area contributed by atoms with Crippen LogP contribution in [0.5, 0.6) is 0 Å². The first-order valence-corrected chi connectivity index (χ1v) is 10.2. The van der Waals surface area contributed by atoms with Gasteiger partial charge in [-0.3, -0.25) is 10.4 Å². The molecular formula is C27H23N3. The number of nitrogens with zero attached hydrogens (tertiary/aromatic N) is 2. The van der Waals surface area contributed by atoms with E-state index >= 15 is 0 Å². The summed E-state index contributed by atoms with van der Waals surface area (Å²) in [5.74, 6) is 0.441. The monoisotopic (exact) mass is 389 g/mol. The van der Waals surface area contributed by atoms with E-state index in [-0.39, 0.29) is 5.41 Å². The lowest BCUT2D eigenvalue weighted by atomic mass is 9.82. The third-order valence-electron chi connectivity index (χ3n) is 5.99. The van der Waals surface area contributed by atoms with Crippen molar-refractivity contribution in [3.8, 4) is 11.1 Å². The molecule has 0 spiro atoms. The third-order valence-corrected chi connectivity index (χ3v) is 5.99. The van der Waals surface area contributed by atoms with Crippen molar-refractivity contribution in [3.05, 3.63) is 108 Å². The summed E-state index contributed by atoms with van der Waals surface area (Å²) in [5.41, 5.74) is 7.30. The molecule has 1 aliphatic carbocycles. The van der Waals surface area contributed by atoms with E-state index in [1.54, 1.807) is 6.20 Å². The van der Waals surface area contributed by atoms with Crippen LogP contribution in [0.25, 0.3) is 28.1 Å². The van der Waals surface area contributed by atoms with E-state index in [1.165, 1.54) is 22.3 Å². The lowest BCUT2D eigenvalue weighted by Crippen LogP contribution is -2.15. The fraction of sp³-hybridized carbons (Fsp3) is 0.111. The number of fused-ring (bicyclic) bond motifs is 5. The van der Waals surface area contributed by atoms with Gasteiger partial charge in [-0.25, -0.2) is 0 Å². The molecule has 0 saturated heterocycles. The van der Waals surface area contributed by atoms with Crippen LogP contribution in [0, 0.1) is 5.41 Å². The normalized spacial score (nSPS) is 14.5. The lowest BCUT2D eigenvalue weighted by Gasteiger charge is -2.21. The number of rotatable bonds is 3. The topological polar surface area (TPSA) is 41.7 Å². The highest BCUT2D eigenvalue weighted by atomic mass is 15.0. The molecule has 5 rings (SSSR count). The number of nitrogens with one attached hydrogen (secondary N) is 1. The Morgan fingerprint density at radius 1 is 0.967 bits per heavy atom. The fourth-order valence-corrected chi connectivity index (χ4v) is 4.48. The molecule has 0 radical (unpaired) electrons. The molecule has 3 heteroatoms. The van der Waals surface area contributed by atoms with Gasteiger partial charge in [0, 0.05) is 35.0 Å². The maximum absolute atomic E-state index is 8.69. The molecule has 0 bridgehead atoms. The van der Waals surface area contributed by atoms with E-state index in [1.807, 2.05) is 53.4 Å². The zero-order chi connectivity index (χ0) is 20.7. The molecule has 0 saturated carbocycles. The Morgan fingerprint density at radius 3 is 2.67 bits per heavy atom. The summed E-state index contributed by atoms with van der Waals surface area (Å²) in [6.45, 7) is 4.57. The summed E-state index contributed by atoms with van der Waals surface area (Å²) in [5, 5.41) is 9.84. The minimum atomic E-state index is -0.0420. The Balaban J connectivity index is 1.56. The van der Waals surface area contributed by atoms with E-state index < -0.39 is 0 Å². The number of hydrogen-bond acceptors (Lipinski definition) is 2. The van der Waals surface area contributed by atoms with Gasteiger partial charge in [0.25, 0.3) is 0 Å². The molecule has 0 aliphatic heterocycles. The van der Waals surface area contributed by atoms with Crippen molar-refractivity contribution in [1.29, 1.82) is 5.41 Å². The fourth-order valence-electron chi connectivity index (χ4n) is 4.48. The predicted octanol–water partition coefficient (Wildman–Crippen LogP) is 6.44. The molecule has 3 nitrogen and oxygen atoms in total. The zero-order valence-electron chi connectivity index (χ0n) is 17.1. The number of benzene rings is 2. The molecule has 2 aromatic carbocycles. The second-order valence-electron chi connectivity index (χ2n) is 8.17. The van der Waals surface area contributed by atoms with Crippen LogP contribution in [0.15, 0.2) is 91.4 Å². The highest BCUT2D eigenvalue weighted by Gasteiger charge is 2.36. The molecule has 2 heterocycles. The van der Waals surface area contributed by atoms with Gasteiger partial charge in [0.15, 0.2) is 0 Å². The van der Waals surface area contributed by atoms with Gasteiger partial charge < -0.3 is 4.57 Å². The van der Waals surface area contributed by atoms with Crippen molar-refractivity contribution in [2.45, 2.75) is 19.3 Å². The lowest BCUT2D eigenvalue weighted by molar-refractivity contribution is 0.661. The maximum Gasteiger partial charge on any atom is 0.129 e. The van der Waals surface area contributed by atoms with Gasteiger partial charge in [-0.15, -0.1) is 0 Å². The summed E-state index contributed by atoms with van der Waals surface area (Å²) in [7, 11) is 0. The Hall–Kier alpha value is -3.72. The average molecular weight is 390 g/mol.